The molecule has 1 heterocycles. The van der Waals surface area contributed by atoms with Crippen LogP contribution in [0.4, 0.5) is 5.69 Å². The molecule has 1 N–H and O–H groups in total. The van der Waals surface area contributed by atoms with Crippen molar-refractivity contribution < 1.29 is 14.3 Å². The van der Waals surface area contributed by atoms with Crippen LogP contribution in [0.15, 0.2) is 36.4 Å². The van der Waals surface area contributed by atoms with Gasteiger partial charge in [-0.1, -0.05) is 6.07 Å². The Balaban J connectivity index is 1.58. The Labute approximate surface area is 161 Å². The van der Waals surface area contributed by atoms with E-state index in [2.05, 4.69) is 42.3 Å². The molecular formula is C22H28N2O3. The summed E-state index contributed by atoms with van der Waals surface area (Å²) in [7, 11) is 3.16. The van der Waals surface area contributed by atoms with E-state index in [1.54, 1.807) is 32.4 Å². The van der Waals surface area contributed by atoms with Crippen LogP contribution >= 0.6 is 0 Å². The Hall–Kier alpha value is -2.69. The molecule has 1 amide bonds. The molecule has 5 nitrogen and oxygen atoms in total. The van der Waals surface area contributed by atoms with Crippen LogP contribution in [0.25, 0.3) is 0 Å². The number of aryl methyl sites for hydroxylation is 2. The van der Waals surface area contributed by atoms with Crippen molar-refractivity contribution in [2.45, 2.75) is 20.3 Å². The molecule has 1 aliphatic rings. The van der Waals surface area contributed by atoms with Crippen LogP contribution < -0.4 is 19.7 Å². The first kappa shape index (κ1) is 19.1. The molecule has 1 aliphatic heterocycles. The number of methoxy groups -OCH3 is 2. The van der Waals surface area contributed by atoms with Gasteiger partial charge >= 0.3 is 0 Å². The van der Waals surface area contributed by atoms with E-state index < -0.39 is 0 Å². The van der Waals surface area contributed by atoms with Crippen LogP contribution in [-0.4, -0.2) is 39.8 Å². The smallest absolute Gasteiger partial charge is 0.251 e. The van der Waals surface area contributed by atoms with E-state index in [1.165, 1.54) is 16.8 Å². The lowest BCUT2D eigenvalue weighted by molar-refractivity contribution is 0.0947. The number of carbonyl (C=O) groups excluding carboxylic acids is 1. The van der Waals surface area contributed by atoms with E-state index in [4.69, 9.17) is 9.47 Å². The Morgan fingerprint density at radius 1 is 1.07 bits per heavy atom. The van der Waals surface area contributed by atoms with Crippen molar-refractivity contribution in [3.63, 3.8) is 0 Å². The lowest BCUT2D eigenvalue weighted by Crippen LogP contribution is -2.31. The van der Waals surface area contributed by atoms with Gasteiger partial charge in [0.25, 0.3) is 5.91 Å². The standard InChI is InChI=1S/C22H28N2O3/c1-15-5-6-19(9-16(15)2)24-8-7-17(14-24)13-23-22(25)18-10-20(26-3)12-21(11-18)27-4/h5-6,9-12,17H,7-8,13-14H2,1-4H3,(H,23,25). The van der Waals surface area contributed by atoms with Gasteiger partial charge in [-0.15, -0.1) is 0 Å². The van der Waals surface area contributed by atoms with Gasteiger partial charge in [-0.05, 0) is 61.6 Å². The van der Waals surface area contributed by atoms with E-state index >= 15 is 0 Å². The normalized spacial score (nSPS) is 16.3. The van der Waals surface area contributed by atoms with Crippen molar-refractivity contribution in [1.29, 1.82) is 0 Å². The fraction of sp³-hybridized carbons (Fsp3) is 0.409. The molecule has 1 unspecified atom stereocenters. The molecule has 27 heavy (non-hydrogen) atoms. The van der Waals surface area contributed by atoms with Crippen molar-refractivity contribution in [2.75, 3.05) is 38.8 Å². The fourth-order valence-electron chi connectivity index (χ4n) is 3.43. The summed E-state index contributed by atoms with van der Waals surface area (Å²) in [4.78, 5) is 14.9. The molecule has 0 saturated carbocycles. The molecule has 1 saturated heterocycles. The second kappa shape index (κ2) is 8.33. The zero-order valence-corrected chi connectivity index (χ0v) is 16.5. The molecule has 2 aromatic rings. The van der Waals surface area contributed by atoms with Crippen LogP contribution in [0.2, 0.25) is 0 Å². The van der Waals surface area contributed by atoms with Crippen LogP contribution in [0, 0.1) is 19.8 Å². The SMILES string of the molecule is COc1cc(OC)cc(C(=O)NCC2CCN(c3ccc(C)c(C)c3)C2)c1. The van der Waals surface area contributed by atoms with E-state index in [-0.39, 0.29) is 5.91 Å². The van der Waals surface area contributed by atoms with Crippen LogP contribution in [0.1, 0.15) is 27.9 Å². The van der Waals surface area contributed by atoms with E-state index in [0.717, 1.165) is 19.5 Å². The van der Waals surface area contributed by atoms with E-state index in [0.29, 0.717) is 29.5 Å². The van der Waals surface area contributed by atoms with Gasteiger partial charge in [-0.25, -0.2) is 0 Å². The molecule has 0 aliphatic carbocycles. The molecule has 0 aromatic heterocycles. The van der Waals surface area contributed by atoms with E-state index in [1.807, 2.05) is 0 Å². The van der Waals surface area contributed by atoms with Gasteiger partial charge in [0, 0.05) is 37.0 Å². The number of nitrogens with one attached hydrogen (secondary N) is 1. The maximum Gasteiger partial charge on any atom is 0.251 e. The zero-order valence-electron chi connectivity index (χ0n) is 16.5. The van der Waals surface area contributed by atoms with Gasteiger partial charge in [-0.2, -0.15) is 0 Å². The highest BCUT2D eigenvalue weighted by Gasteiger charge is 2.23. The highest BCUT2D eigenvalue weighted by Crippen LogP contribution is 2.26. The summed E-state index contributed by atoms with van der Waals surface area (Å²) in [5, 5.41) is 3.06. The Morgan fingerprint density at radius 3 is 2.41 bits per heavy atom. The summed E-state index contributed by atoms with van der Waals surface area (Å²) in [5.74, 6) is 1.57. The second-order valence-corrected chi connectivity index (χ2v) is 7.18. The van der Waals surface area contributed by atoms with Gasteiger partial charge in [0.1, 0.15) is 11.5 Å². The lowest BCUT2D eigenvalue weighted by atomic mass is 10.1. The zero-order chi connectivity index (χ0) is 19.4. The second-order valence-electron chi connectivity index (χ2n) is 7.18. The molecule has 1 atom stereocenters. The van der Waals surface area contributed by atoms with Crippen LogP contribution in [0.5, 0.6) is 11.5 Å². The molecular weight excluding hydrogens is 340 g/mol. The average Bonchev–Trinajstić information content (AvgIpc) is 3.16. The topological polar surface area (TPSA) is 50.8 Å². The maximum atomic E-state index is 12.5. The highest BCUT2D eigenvalue weighted by molar-refractivity contribution is 5.95. The largest absolute Gasteiger partial charge is 0.497 e. The van der Waals surface area contributed by atoms with Gasteiger partial charge in [0.2, 0.25) is 0 Å². The fourth-order valence-corrected chi connectivity index (χ4v) is 3.43. The monoisotopic (exact) mass is 368 g/mol. The Morgan fingerprint density at radius 2 is 1.78 bits per heavy atom. The van der Waals surface area contributed by atoms with Gasteiger partial charge in [0.15, 0.2) is 0 Å². The number of benzene rings is 2. The predicted molar refractivity (Wildman–Crippen MR) is 108 cm³/mol. The number of anilines is 1. The van der Waals surface area contributed by atoms with Crippen LogP contribution in [0.3, 0.4) is 0 Å². The molecule has 0 bridgehead atoms. The first-order valence-corrected chi connectivity index (χ1v) is 9.33. The first-order valence-electron chi connectivity index (χ1n) is 9.33. The third kappa shape index (κ3) is 4.54. The van der Waals surface area contributed by atoms with Gasteiger partial charge in [-0.3, -0.25) is 4.79 Å². The lowest BCUT2D eigenvalue weighted by Gasteiger charge is -2.20. The number of carbonyl (C=O) groups is 1. The summed E-state index contributed by atoms with van der Waals surface area (Å²) in [5.41, 5.74) is 4.45. The Bertz CT molecular complexity index is 797. The quantitative estimate of drug-likeness (QED) is 0.847. The number of amides is 1. The minimum Gasteiger partial charge on any atom is -0.497 e. The summed E-state index contributed by atoms with van der Waals surface area (Å²) in [6, 6.07) is 11.8. The minimum atomic E-state index is -0.100. The van der Waals surface area contributed by atoms with Crippen molar-refractivity contribution >= 4 is 11.6 Å². The number of ether oxygens (including phenoxy) is 2. The molecule has 1 fully saturated rings. The number of rotatable bonds is 6. The molecule has 3 rings (SSSR count). The number of hydrogen-bond acceptors (Lipinski definition) is 4. The third-order valence-corrected chi connectivity index (χ3v) is 5.31. The van der Waals surface area contributed by atoms with Gasteiger partial charge < -0.3 is 19.7 Å². The van der Waals surface area contributed by atoms with Gasteiger partial charge in [0.05, 0.1) is 14.2 Å². The number of nitrogens with zero attached hydrogens (tertiary/aromatic N) is 1. The van der Waals surface area contributed by atoms with Crippen molar-refractivity contribution in [1.82, 2.24) is 5.32 Å². The molecule has 0 spiro atoms. The average molecular weight is 368 g/mol. The van der Waals surface area contributed by atoms with E-state index in [9.17, 15) is 4.79 Å². The Kier molecular flexibility index (Phi) is 5.89. The molecule has 0 radical (unpaired) electrons. The predicted octanol–water partition coefficient (Wildman–Crippen LogP) is 3.58. The summed E-state index contributed by atoms with van der Waals surface area (Å²) < 4.78 is 10.5. The third-order valence-electron chi connectivity index (χ3n) is 5.31. The highest BCUT2D eigenvalue weighted by atomic mass is 16.5. The van der Waals surface area contributed by atoms with Crippen LogP contribution in [-0.2, 0) is 0 Å². The molecule has 5 heteroatoms. The maximum absolute atomic E-state index is 12.5. The first-order chi connectivity index (χ1) is 13.0. The summed E-state index contributed by atoms with van der Waals surface area (Å²) >= 11 is 0. The van der Waals surface area contributed by atoms with Crippen molar-refractivity contribution in [3.8, 4) is 11.5 Å². The number of hydrogen-bond donors (Lipinski definition) is 1. The summed E-state index contributed by atoms with van der Waals surface area (Å²) in [6.07, 6.45) is 1.08. The van der Waals surface area contributed by atoms with Crippen molar-refractivity contribution in [2.24, 2.45) is 5.92 Å². The van der Waals surface area contributed by atoms with Crippen molar-refractivity contribution in [3.05, 3.63) is 53.1 Å². The molecule has 144 valence electrons. The minimum absolute atomic E-state index is 0.100. The summed E-state index contributed by atoms with van der Waals surface area (Å²) in [6.45, 7) is 6.93. The molecule has 2 aromatic carbocycles.